The molecule has 19 heavy (non-hydrogen) atoms. The van der Waals surface area contributed by atoms with E-state index in [1.54, 1.807) is 13.8 Å². The number of carbonyl (C=O) groups excluding carboxylic acids is 2. The van der Waals surface area contributed by atoms with E-state index in [1.165, 1.54) is 7.05 Å². The summed E-state index contributed by atoms with van der Waals surface area (Å²) in [6.07, 6.45) is 0. The second kappa shape index (κ2) is 6.26. The van der Waals surface area contributed by atoms with Crippen LogP contribution in [-0.4, -0.2) is 36.3 Å². The van der Waals surface area contributed by atoms with Gasteiger partial charge in [-0.3, -0.25) is 9.59 Å². The number of hydrogen-bond donors (Lipinski definition) is 1. The highest BCUT2D eigenvalue weighted by Crippen LogP contribution is 2.10. The SMILES string of the molecule is CC(C)NC(=O)CN(C)C(=O)c1cc(F)cc(F)c1. The lowest BCUT2D eigenvalue weighted by molar-refractivity contribution is -0.122. The zero-order chi connectivity index (χ0) is 14.6. The van der Waals surface area contributed by atoms with Gasteiger partial charge < -0.3 is 10.2 Å². The molecular weight excluding hydrogens is 254 g/mol. The van der Waals surface area contributed by atoms with Gasteiger partial charge in [0.1, 0.15) is 11.6 Å². The van der Waals surface area contributed by atoms with Crippen LogP contribution in [0.15, 0.2) is 18.2 Å². The number of rotatable bonds is 4. The standard InChI is InChI=1S/C13H16F2N2O2/c1-8(2)16-12(18)7-17(3)13(19)9-4-10(14)6-11(15)5-9/h4-6,8H,7H2,1-3H3,(H,16,18). The highest BCUT2D eigenvalue weighted by molar-refractivity contribution is 5.96. The molecule has 104 valence electrons. The number of carbonyl (C=O) groups is 2. The lowest BCUT2D eigenvalue weighted by atomic mass is 10.2. The monoisotopic (exact) mass is 270 g/mol. The largest absolute Gasteiger partial charge is 0.352 e. The molecule has 6 heteroatoms. The molecule has 2 amide bonds. The molecule has 0 bridgehead atoms. The molecule has 0 aliphatic rings. The van der Waals surface area contributed by atoms with Crippen molar-refractivity contribution in [2.75, 3.05) is 13.6 Å². The Morgan fingerprint density at radius 2 is 1.74 bits per heavy atom. The summed E-state index contributed by atoms with van der Waals surface area (Å²) in [5.41, 5.74) is -0.127. The van der Waals surface area contributed by atoms with Crippen LogP contribution < -0.4 is 5.32 Å². The molecule has 1 rings (SSSR count). The van der Waals surface area contributed by atoms with Crippen LogP contribution in [0.1, 0.15) is 24.2 Å². The molecule has 1 aromatic rings. The lowest BCUT2D eigenvalue weighted by Crippen LogP contribution is -2.40. The van der Waals surface area contributed by atoms with Gasteiger partial charge in [0.2, 0.25) is 5.91 Å². The molecule has 0 heterocycles. The molecule has 0 fully saturated rings. The topological polar surface area (TPSA) is 49.4 Å². The molecule has 0 unspecified atom stereocenters. The van der Waals surface area contributed by atoms with Crippen molar-refractivity contribution in [1.82, 2.24) is 10.2 Å². The zero-order valence-corrected chi connectivity index (χ0v) is 11.0. The van der Waals surface area contributed by atoms with E-state index in [4.69, 9.17) is 0 Å². The molecule has 0 aliphatic carbocycles. The summed E-state index contributed by atoms with van der Waals surface area (Å²) in [6, 6.07) is 2.51. The number of amides is 2. The van der Waals surface area contributed by atoms with Gasteiger partial charge >= 0.3 is 0 Å². The zero-order valence-electron chi connectivity index (χ0n) is 11.0. The maximum absolute atomic E-state index is 13.0. The second-order valence-electron chi connectivity index (χ2n) is 4.54. The molecule has 0 atom stereocenters. The lowest BCUT2D eigenvalue weighted by Gasteiger charge is -2.18. The van der Waals surface area contributed by atoms with Crippen molar-refractivity contribution in [3.63, 3.8) is 0 Å². The maximum Gasteiger partial charge on any atom is 0.254 e. The Kier molecular flexibility index (Phi) is 4.97. The van der Waals surface area contributed by atoms with Gasteiger partial charge in [0.05, 0.1) is 6.54 Å². The Balaban J connectivity index is 2.74. The molecule has 0 saturated carbocycles. The van der Waals surface area contributed by atoms with E-state index >= 15 is 0 Å². The van der Waals surface area contributed by atoms with Crippen molar-refractivity contribution in [3.05, 3.63) is 35.4 Å². The summed E-state index contributed by atoms with van der Waals surface area (Å²) in [5.74, 6) is -2.60. The predicted molar refractivity (Wildman–Crippen MR) is 66.6 cm³/mol. The second-order valence-corrected chi connectivity index (χ2v) is 4.54. The fourth-order valence-corrected chi connectivity index (χ4v) is 1.55. The molecule has 0 radical (unpaired) electrons. The van der Waals surface area contributed by atoms with Gasteiger partial charge in [0.15, 0.2) is 0 Å². The van der Waals surface area contributed by atoms with Gasteiger partial charge in [-0.05, 0) is 26.0 Å². The van der Waals surface area contributed by atoms with Gasteiger partial charge in [0, 0.05) is 24.7 Å². The van der Waals surface area contributed by atoms with Crippen LogP contribution in [0.2, 0.25) is 0 Å². The minimum atomic E-state index is -0.830. The fraction of sp³-hybridized carbons (Fsp3) is 0.385. The van der Waals surface area contributed by atoms with Gasteiger partial charge in [-0.2, -0.15) is 0 Å². The first-order valence-corrected chi connectivity index (χ1v) is 5.80. The van der Waals surface area contributed by atoms with Crippen molar-refractivity contribution < 1.29 is 18.4 Å². The Labute approximate surface area is 110 Å². The average molecular weight is 270 g/mol. The first kappa shape index (κ1) is 15.1. The van der Waals surface area contributed by atoms with E-state index in [1.807, 2.05) is 0 Å². The number of benzene rings is 1. The van der Waals surface area contributed by atoms with Crippen molar-refractivity contribution in [2.45, 2.75) is 19.9 Å². The fourth-order valence-electron chi connectivity index (χ4n) is 1.55. The van der Waals surface area contributed by atoms with Gasteiger partial charge in [0.25, 0.3) is 5.91 Å². The Morgan fingerprint density at radius 3 is 2.21 bits per heavy atom. The minimum Gasteiger partial charge on any atom is -0.352 e. The summed E-state index contributed by atoms with van der Waals surface area (Å²) in [7, 11) is 1.39. The van der Waals surface area contributed by atoms with E-state index in [0.29, 0.717) is 6.07 Å². The number of nitrogens with zero attached hydrogens (tertiary/aromatic N) is 1. The van der Waals surface area contributed by atoms with Crippen LogP contribution in [0.25, 0.3) is 0 Å². The van der Waals surface area contributed by atoms with Gasteiger partial charge in [-0.15, -0.1) is 0 Å². The molecular formula is C13H16F2N2O2. The number of likely N-dealkylation sites (N-methyl/N-ethyl adjacent to an activating group) is 1. The summed E-state index contributed by atoms with van der Waals surface area (Å²) in [5, 5.41) is 2.62. The van der Waals surface area contributed by atoms with E-state index in [0.717, 1.165) is 17.0 Å². The normalized spacial score (nSPS) is 10.4. The van der Waals surface area contributed by atoms with Gasteiger partial charge in [-0.25, -0.2) is 8.78 Å². The Morgan fingerprint density at radius 1 is 1.21 bits per heavy atom. The van der Waals surface area contributed by atoms with Crippen LogP contribution in [0.3, 0.4) is 0 Å². The summed E-state index contributed by atoms with van der Waals surface area (Å²) < 4.78 is 26.0. The summed E-state index contributed by atoms with van der Waals surface area (Å²) >= 11 is 0. The van der Waals surface area contributed by atoms with Crippen molar-refractivity contribution in [3.8, 4) is 0 Å². The number of hydrogen-bond acceptors (Lipinski definition) is 2. The summed E-state index contributed by atoms with van der Waals surface area (Å²) in [4.78, 5) is 24.5. The van der Waals surface area contributed by atoms with E-state index < -0.39 is 17.5 Å². The Bertz CT molecular complexity index is 469. The molecule has 0 aliphatic heterocycles. The molecule has 0 saturated heterocycles. The smallest absolute Gasteiger partial charge is 0.254 e. The molecule has 0 spiro atoms. The first-order valence-electron chi connectivity index (χ1n) is 5.80. The van der Waals surface area contributed by atoms with E-state index in [2.05, 4.69) is 5.32 Å². The third-order valence-corrected chi connectivity index (χ3v) is 2.29. The van der Waals surface area contributed by atoms with Crippen LogP contribution in [0, 0.1) is 11.6 Å². The molecule has 0 aromatic heterocycles. The number of nitrogens with one attached hydrogen (secondary N) is 1. The van der Waals surface area contributed by atoms with Gasteiger partial charge in [-0.1, -0.05) is 0 Å². The maximum atomic E-state index is 13.0. The Hall–Kier alpha value is -1.98. The van der Waals surface area contributed by atoms with Crippen LogP contribution in [0.5, 0.6) is 0 Å². The molecule has 1 aromatic carbocycles. The van der Waals surface area contributed by atoms with Crippen LogP contribution >= 0.6 is 0 Å². The minimum absolute atomic E-state index is 0.0392. The third kappa shape index (κ3) is 4.65. The predicted octanol–water partition coefficient (Wildman–Crippen LogP) is 1.56. The molecule has 1 N–H and O–H groups in total. The highest BCUT2D eigenvalue weighted by Gasteiger charge is 2.16. The third-order valence-electron chi connectivity index (χ3n) is 2.29. The van der Waals surface area contributed by atoms with Crippen LogP contribution in [0.4, 0.5) is 8.78 Å². The van der Waals surface area contributed by atoms with Crippen LogP contribution in [-0.2, 0) is 4.79 Å². The van der Waals surface area contributed by atoms with Crippen molar-refractivity contribution in [1.29, 1.82) is 0 Å². The summed E-state index contributed by atoms with van der Waals surface area (Å²) in [6.45, 7) is 3.42. The number of halogens is 2. The molecule has 4 nitrogen and oxygen atoms in total. The van der Waals surface area contributed by atoms with E-state index in [-0.39, 0.29) is 24.1 Å². The highest BCUT2D eigenvalue weighted by atomic mass is 19.1. The average Bonchev–Trinajstić information content (AvgIpc) is 2.25. The van der Waals surface area contributed by atoms with E-state index in [9.17, 15) is 18.4 Å². The van der Waals surface area contributed by atoms with Crippen molar-refractivity contribution >= 4 is 11.8 Å². The van der Waals surface area contributed by atoms with Crippen molar-refractivity contribution in [2.24, 2.45) is 0 Å². The quantitative estimate of drug-likeness (QED) is 0.902. The first-order chi connectivity index (χ1) is 8.79.